The minimum atomic E-state index is 0.355. The zero-order chi connectivity index (χ0) is 9.26. The van der Waals surface area contributed by atoms with Crippen LogP contribution in [0.2, 0.25) is 0 Å². The second-order valence-corrected chi connectivity index (χ2v) is 4.52. The van der Waals surface area contributed by atoms with Crippen molar-refractivity contribution in [1.29, 1.82) is 0 Å². The molecule has 0 radical (unpaired) electrons. The van der Waals surface area contributed by atoms with E-state index < -0.39 is 0 Å². The van der Waals surface area contributed by atoms with Crippen LogP contribution >= 0.6 is 11.3 Å². The molecule has 1 aromatic heterocycles. The number of fused-ring (bicyclic) bond motifs is 1. The molecule has 2 nitrogen and oxygen atoms in total. The van der Waals surface area contributed by atoms with E-state index in [1.807, 2.05) is 16.2 Å². The van der Waals surface area contributed by atoms with E-state index in [1.165, 1.54) is 10.4 Å². The van der Waals surface area contributed by atoms with Crippen molar-refractivity contribution in [1.82, 2.24) is 4.90 Å². The molecule has 0 aromatic carbocycles. The minimum absolute atomic E-state index is 0.355. The van der Waals surface area contributed by atoms with Crippen molar-refractivity contribution in [2.24, 2.45) is 0 Å². The highest BCUT2D eigenvalue weighted by atomic mass is 32.1. The molecule has 0 spiro atoms. The van der Waals surface area contributed by atoms with Gasteiger partial charge in [0.2, 0.25) is 6.41 Å². The molecule has 1 aliphatic heterocycles. The lowest BCUT2D eigenvalue weighted by atomic mass is 10.1. The maximum Gasteiger partial charge on any atom is 0.209 e. The maximum absolute atomic E-state index is 10.7. The summed E-state index contributed by atoms with van der Waals surface area (Å²) in [7, 11) is 0. The van der Waals surface area contributed by atoms with Crippen molar-refractivity contribution in [3.8, 4) is 0 Å². The Hall–Kier alpha value is -0.830. The Labute approximate surface area is 82.2 Å². The van der Waals surface area contributed by atoms with Crippen molar-refractivity contribution >= 4 is 17.7 Å². The molecule has 0 saturated heterocycles. The van der Waals surface area contributed by atoms with E-state index in [4.69, 9.17) is 0 Å². The summed E-state index contributed by atoms with van der Waals surface area (Å²) >= 11 is 1.81. The van der Waals surface area contributed by atoms with Gasteiger partial charge in [-0.1, -0.05) is 0 Å². The number of thiophene rings is 1. The van der Waals surface area contributed by atoms with Gasteiger partial charge < -0.3 is 4.90 Å². The average molecular weight is 195 g/mol. The van der Waals surface area contributed by atoms with Gasteiger partial charge in [-0.05, 0) is 36.8 Å². The van der Waals surface area contributed by atoms with Crippen LogP contribution in [0.15, 0.2) is 11.4 Å². The molecule has 0 aliphatic carbocycles. The van der Waals surface area contributed by atoms with Crippen LogP contribution in [0.3, 0.4) is 0 Å². The first-order valence-corrected chi connectivity index (χ1v) is 5.45. The highest BCUT2D eigenvalue weighted by Crippen LogP contribution is 2.23. The summed E-state index contributed by atoms with van der Waals surface area (Å²) in [6.07, 6.45) is 3.01. The molecular weight excluding hydrogens is 182 g/mol. The van der Waals surface area contributed by atoms with Crippen molar-refractivity contribution < 1.29 is 4.79 Å². The number of hydrogen-bond donors (Lipinski definition) is 0. The smallest absolute Gasteiger partial charge is 0.209 e. The molecule has 1 atom stereocenters. The van der Waals surface area contributed by atoms with Crippen LogP contribution in [0.5, 0.6) is 0 Å². The summed E-state index contributed by atoms with van der Waals surface area (Å²) in [4.78, 5) is 14.1. The Morgan fingerprint density at radius 3 is 3.31 bits per heavy atom. The second kappa shape index (κ2) is 3.50. The topological polar surface area (TPSA) is 20.3 Å². The third kappa shape index (κ3) is 1.61. The van der Waals surface area contributed by atoms with Crippen molar-refractivity contribution in [3.63, 3.8) is 0 Å². The molecular formula is C10H13NOS. The van der Waals surface area contributed by atoms with Gasteiger partial charge in [-0.2, -0.15) is 0 Å². The SMILES string of the molecule is CC1Cc2ccsc2CCN1C=O. The van der Waals surface area contributed by atoms with Gasteiger partial charge in [0.15, 0.2) is 0 Å². The Bertz CT molecular complexity index is 308. The molecule has 0 bridgehead atoms. The summed E-state index contributed by atoms with van der Waals surface area (Å²) in [5, 5.41) is 2.15. The summed E-state index contributed by atoms with van der Waals surface area (Å²) in [5.41, 5.74) is 1.43. The van der Waals surface area contributed by atoms with Gasteiger partial charge in [0.05, 0.1) is 0 Å². The maximum atomic E-state index is 10.7. The fourth-order valence-electron chi connectivity index (χ4n) is 1.81. The summed E-state index contributed by atoms with van der Waals surface area (Å²) in [6.45, 7) is 2.99. The molecule has 1 amide bonds. The van der Waals surface area contributed by atoms with E-state index in [2.05, 4.69) is 18.4 Å². The number of carbonyl (C=O) groups excluding carboxylic acids is 1. The fraction of sp³-hybridized carbons (Fsp3) is 0.500. The lowest BCUT2D eigenvalue weighted by molar-refractivity contribution is -0.119. The minimum Gasteiger partial charge on any atom is -0.342 e. The van der Waals surface area contributed by atoms with E-state index in [0.717, 1.165) is 25.8 Å². The van der Waals surface area contributed by atoms with Gasteiger partial charge >= 0.3 is 0 Å². The van der Waals surface area contributed by atoms with E-state index in [-0.39, 0.29) is 0 Å². The highest BCUT2D eigenvalue weighted by Gasteiger charge is 2.19. The Balaban J connectivity index is 2.22. The number of hydrogen-bond acceptors (Lipinski definition) is 2. The lowest BCUT2D eigenvalue weighted by Gasteiger charge is -2.21. The molecule has 1 unspecified atom stereocenters. The number of nitrogens with zero attached hydrogens (tertiary/aromatic N) is 1. The third-order valence-corrected chi connectivity index (χ3v) is 3.67. The lowest BCUT2D eigenvalue weighted by Crippen LogP contribution is -2.33. The number of rotatable bonds is 1. The molecule has 13 heavy (non-hydrogen) atoms. The molecule has 3 heteroatoms. The van der Waals surface area contributed by atoms with Crippen LogP contribution in [0.4, 0.5) is 0 Å². The molecule has 0 N–H and O–H groups in total. The summed E-state index contributed by atoms with van der Waals surface area (Å²) in [5.74, 6) is 0. The molecule has 0 saturated carbocycles. The Morgan fingerprint density at radius 1 is 1.69 bits per heavy atom. The Morgan fingerprint density at radius 2 is 2.54 bits per heavy atom. The van der Waals surface area contributed by atoms with Crippen LogP contribution in [0, 0.1) is 0 Å². The first kappa shape index (κ1) is 8.75. The standard InChI is InChI=1S/C10H13NOS/c1-8-6-9-3-5-13-10(9)2-4-11(8)7-12/h3,5,7-8H,2,4,6H2,1H3. The van der Waals surface area contributed by atoms with Crippen molar-refractivity contribution in [3.05, 3.63) is 21.9 Å². The van der Waals surface area contributed by atoms with Crippen LogP contribution in [-0.4, -0.2) is 23.9 Å². The van der Waals surface area contributed by atoms with Crippen LogP contribution in [0.25, 0.3) is 0 Å². The highest BCUT2D eigenvalue weighted by molar-refractivity contribution is 7.10. The van der Waals surface area contributed by atoms with Crippen molar-refractivity contribution in [2.45, 2.75) is 25.8 Å². The zero-order valence-electron chi connectivity index (χ0n) is 7.69. The van der Waals surface area contributed by atoms with Gasteiger partial charge in [0.1, 0.15) is 0 Å². The first-order chi connectivity index (χ1) is 6.31. The van der Waals surface area contributed by atoms with E-state index in [9.17, 15) is 4.79 Å². The zero-order valence-corrected chi connectivity index (χ0v) is 8.51. The quantitative estimate of drug-likeness (QED) is 0.624. The molecule has 0 fully saturated rings. The van der Waals surface area contributed by atoms with Gasteiger partial charge in [-0.25, -0.2) is 0 Å². The van der Waals surface area contributed by atoms with E-state index >= 15 is 0 Å². The second-order valence-electron chi connectivity index (χ2n) is 3.52. The number of amides is 1. The van der Waals surface area contributed by atoms with Crippen LogP contribution in [0.1, 0.15) is 17.4 Å². The monoisotopic (exact) mass is 195 g/mol. The predicted molar refractivity (Wildman–Crippen MR) is 54.0 cm³/mol. The van der Waals surface area contributed by atoms with Gasteiger partial charge in [-0.3, -0.25) is 4.79 Å². The average Bonchev–Trinajstić information content (AvgIpc) is 2.48. The Kier molecular flexibility index (Phi) is 2.36. The van der Waals surface area contributed by atoms with E-state index in [1.54, 1.807) is 0 Å². The van der Waals surface area contributed by atoms with Crippen LogP contribution in [-0.2, 0) is 17.6 Å². The van der Waals surface area contributed by atoms with Gasteiger partial charge in [0, 0.05) is 17.5 Å². The predicted octanol–water partition coefficient (Wildman–Crippen LogP) is 1.69. The molecule has 2 heterocycles. The van der Waals surface area contributed by atoms with Crippen LogP contribution < -0.4 is 0 Å². The van der Waals surface area contributed by atoms with Gasteiger partial charge in [-0.15, -0.1) is 11.3 Å². The van der Waals surface area contributed by atoms with Crippen molar-refractivity contribution in [2.75, 3.05) is 6.54 Å². The fourth-order valence-corrected chi connectivity index (χ4v) is 2.72. The number of carbonyl (C=O) groups is 1. The first-order valence-electron chi connectivity index (χ1n) is 4.57. The summed E-state index contributed by atoms with van der Waals surface area (Å²) in [6, 6.07) is 2.54. The molecule has 1 aliphatic rings. The molecule has 70 valence electrons. The normalized spacial score (nSPS) is 22.2. The molecule has 1 aromatic rings. The summed E-state index contributed by atoms with van der Waals surface area (Å²) < 4.78 is 0. The van der Waals surface area contributed by atoms with Gasteiger partial charge in [0.25, 0.3) is 0 Å². The third-order valence-electron chi connectivity index (χ3n) is 2.65. The van der Waals surface area contributed by atoms with E-state index in [0.29, 0.717) is 6.04 Å². The molecule has 2 rings (SSSR count). The largest absolute Gasteiger partial charge is 0.342 e.